The normalized spacial score (nSPS) is 13.0. The van der Waals surface area contributed by atoms with Gasteiger partial charge in [0.05, 0.1) is 11.1 Å². The summed E-state index contributed by atoms with van der Waals surface area (Å²) >= 11 is 5.96. The lowest BCUT2D eigenvalue weighted by atomic mass is 10.0. The van der Waals surface area contributed by atoms with Crippen molar-refractivity contribution < 1.29 is 8.91 Å². The van der Waals surface area contributed by atoms with Crippen LogP contribution in [0.25, 0.3) is 11.3 Å². The largest absolute Gasteiger partial charge is 0.359 e. The van der Waals surface area contributed by atoms with Gasteiger partial charge in [-0.25, -0.2) is 4.39 Å². The lowest BCUT2D eigenvalue weighted by Gasteiger charge is -2.10. The van der Waals surface area contributed by atoms with Crippen LogP contribution in [0.1, 0.15) is 25.6 Å². The third-order valence-corrected chi connectivity index (χ3v) is 3.09. The molecule has 3 nitrogen and oxygen atoms in total. The summed E-state index contributed by atoms with van der Waals surface area (Å²) in [6, 6.07) is 5.67. The second-order valence-corrected chi connectivity index (χ2v) is 4.92. The van der Waals surface area contributed by atoms with Crippen LogP contribution in [0.2, 0.25) is 5.02 Å². The molecule has 0 saturated heterocycles. The molecule has 2 N–H and O–H groups in total. The van der Waals surface area contributed by atoms with E-state index in [0.29, 0.717) is 22.0 Å². The van der Waals surface area contributed by atoms with Crippen molar-refractivity contribution in [3.8, 4) is 11.3 Å². The molecule has 18 heavy (non-hydrogen) atoms. The van der Waals surface area contributed by atoms with Crippen molar-refractivity contribution in [3.05, 3.63) is 40.9 Å². The summed E-state index contributed by atoms with van der Waals surface area (Å²) in [6.07, 6.45) is 0. The van der Waals surface area contributed by atoms with Crippen LogP contribution in [0.15, 0.2) is 28.8 Å². The first-order valence-corrected chi connectivity index (χ1v) is 6.04. The molecule has 1 atom stereocenters. The first-order valence-electron chi connectivity index (χ1n) is 5.66. The summed E-state index contributed by atoms with van der Waals surface area (Å²) in [6.45, 7) is 4.00. The number of aromatic nitrogens is 1. The molecule has 0 bridgehead atoms. The van der Waals surface area contributed by atoms with Crippen molar-refractivity contribution in [1.82, 2.24) is 5.16 Å². The molecule has 1 aromatic carbocycles. The zero-order valence-electron chi connectivity index (χ0n) is 10.2. The Hall–Kier alpha value is -1.39. The molecule has 0 saturated carbocycles. The van der Waals surface area contributed by atoms with Gasteiger partial charge in [-0.05, 0) is 24.1 Å². The molecule has 5 heteroatoms. The molecular formula is C13H14ClFN2O. The van der Waals surface area contributed by atoms with Crippen LogP contribution in [-0.4, -0.2) is 5.16 Å². The number of rotatable bonds is 3. The highest BCUT2D eigenvalue weighted by Crippen LogP contribution is 2.30. The molecule has 0 aliphatic carbocycles. The Morgan fingerprint density at radius 2 is 2.06 bits per heavy atom. The summed E-state index contributed by atoms with van der Waals surface area (Å²) in [4.78, 5) is 0. The van der Waals surface area contributed by atoms with E-state index in [2.05, 4.69) is 5.16 Å². The van der Waals surface area contributed by atoms with E-state index < -0.39 is 0 Å². The minimum absolute atomic E-state index is 0.217. The summed E-state index contributed by atoms with van der Waals surface area (Å²) < 4.78 is 18.2. The van der Waals surface area contributed by atoms with Gasteiger partial charge in [-0.2, -0.15) is 0 Å². The monoisotopic (exact) mass is 268 g/mol. The maximum atomic E-state index is 13.0. The average Bonchev–Trinajstić information content (AvgIpc) is 2.77. The molecule has 1 aromatic heterocycles. The van der Waals surface area contributed by atoms with Gasteiger partial charge in [-0.1, -0.05) is 30.6 Å². The highest BCUT2D eigenvalue weighted by molar-refractivity contribution is 6.33. The molecule has 0 amide bonds. The maximum absolute atomic E-state index is 13.0. The van der Waals surface area contributed by atoms with E-state index in [0.717, 1.165) is 0 Å². The van der Waals surface area contributed by atoms with E-state index in [1.807, 2.05) is 13.8 Å². The molecule has 0 aliphatic rings. The number of nitrogens with zero attached hydrogens (tertiary/aromatic N) is 1. The van der Waals surface area contributed by atoms with Crippen LogP contribution < -0.4 is 5.73 Å². The number of hydrogen-bond donors (Lipinski definition) is 1. The van der Waals surface area contributed by atoms with Crippen LogP contribution in [-0.2, 0) is 0 Å². The minimum atomic E-state index is -0.383. The quantitative estimate of drug-likeness (QED) is 0.921. The van der Waals surface area contributed by atoms with E-state index in [1.54, 1.807) is 12.1 Å². The Morgan fingerprint density at radius 3 is 2.67 bits per heavy atom. The Bertz CT molecular complexity index is 554. The average molecular weight is 269 g/mol. The lowest BCUT2D eigenvalue weighted by molar-refractivity contribution is 0.333. The standard InChI is InChI=1S/C13H14ClFN2O/c1-7(2)13(16)12-6-11(17-18-12)9-4-3-8(15)5-10(9)14/h3-7,13H,16H2,1-2H3. The Balaban J connectivity index is 2.35. The molecule has 0 spiro atoms. The van der Waals surface area contributed by atoms with Crippen LogP contribution in [0.5, 0.6) is 0 Å². The second kappa shape index (κ2) is 5.08. The van der Waals surface area contributed by atoms with E-state index >= 15 is 0 Å². The molecule has 96 valence electrons. The molecule has 2 rings (SSSR count). The van der Waals surface area contributed by atoms with Crippen molar-refractivity contribution in [2.24, 2.45) is 11.7 Å². The summed E-state index contributed by atoms with van der Waals surface area (Å²) in [5.41, 5.74) is 7.15. The first-order chi connectivity index (χ1) is 8.49. The SMILES string of the molecule is CC(C)C(N)c1cc(-c2ccc(F)cc2Cl)no1. The second-order valence-electron chi connectivity index (χ2n) is 4.51. The number of halogens is 2. The lowest BCUT2D eigenvalue weighted by Crippen LogP contribution is -2.15. The minimum Gasteiger partial charge on any atom is -0.359 e. The highest BCUT2D eigenvalue weighted by atomic mass is 35.5. The zero-order chi connectivity index (χ0) is 13.3. The van der Waals surface area contributed by atoms with Crippen LogP contribution in [0, 0.1) is 11.7 Å². The molecule has 0 radical (unpaired) electrons. The van der Waals surface area contributed by atoms with Gasteiger partial charge in [0, 0.05) is 11.6 Å². The third kappa shape index (κ3) is 2.54. The van der Waals surface area contributed by atoms with Crippen LogP contribution in [0.3, 0.4) is 0 Å². The number of benzene rings is 1. The summed E-state index contributed by atoms with van der Waals surface area (Å²) in [5, 5.41) is 4.22. The Morgan fingerprint density at radius 1 is 1.33 bits per heavy atom. The number of hydrogen-bond acceptors (Lipinski definition) is 3. The Kier molecular flexibility index (Phi) is 3.68. The number of nitrogens with two attached hydrogens (primary N) is 1. The first kappa shape index (κ1) is 13.1. The van der Waals surface area contributed by atoms with E-state index in [-0.39, 0.29) is 17.8 Å². The molecule has 0 aliphatic heterocycles. The molecule has 2 aromatic rings. The Labute approximate surface area is 110 Å². The fourth-order valence-corrected chi connectivity index (χ4v) is 1.86. The van der Waals surface area contributed by atoms with Gasteiger partial charge in [0.15, 0.2) is 5.76 Å². The van der Waals surface area contributed by atoms with Crippen molar-refractivity contribution in [3.63, 3.8) is 0 Å². The molecule has 0 fully saturated rings. The van der Waals surface area contributed by atoms with Gasteiger partial charge in [-0.15, -0.1) is 0 Å². The van der Waals surface area contributed by atoms with Gasteiger partial charge in [0.25, 0.3) is 0 Å². The highest BCUT2D eigenvalue weighted by Gasteiger charge is 2.17. The van der Waals surface area contributed by atoms with E-state index in [4.69, 9.17) is 21.9 Å². The van der Waals surface area contributed by atoms with Crippen molar-refractivity contribution in [2.45, 2.75) is 19.9 Å². The molecular weight excluding hydrogens is 255 g/mol. The molecule has 1 unspecified atom stereocenters. The van der Waals surface area contributed by atoms with Gasteiger partial charge in [-0.3, -0.25) is 0 Å². The summed E-state index contributed by atoms with van der Waals surface area (Å²) in [7, 11) is 0. The smallest absolute Gasteiger partial charge is 0.154 e. The maximum Gasteiger partial charge on any atom is 0.154 e. The third-order valence-electron chi connectivity index (χ3n) is 2.78. The van der Waals surface area contributed by atoms with Crippen molar-refractivity contribution in [1.29, 1.82) is 0 Å². The predicted molar refractivity (Wildman–Crippen MR) is 68.7 cm³/mol. The van der Waals surface area contributed by atoms with Crippen molar-refractivity contribution in [2.75, 3.05) is 0 Å². The fourth-order valence-electron chi connectivity index (χ4n) is 1.60. The predicted octanol–water partition coefficient (Wildman–Crippen LogP) is 3.79. The van der Waals surface area contributed by atoms with Gasteiger partial charge < -0.3 is 10.3 Å². The molecule has 1 heterocycles. The van der Waals surface area contributed by atoms with Crippen LogP contribution in [0.4, 0.5) is 4.39 Å². The summed E-state index contributed by atoms with van der Waals surface area (Å²) in [5.74, 6) is 0.459. The topological polar surface area (TPSA) is 52.0 Å². The van der Waals surface area contributed by atoms with Gasteiger partial charge in [0.2, 0.25) is 0 Å². The van der Waals surface area contributed by atoms with Crippen LogP contribution >= 0.6 is 11.6 Å². The fraction of sp³-hybridized carbons (Fsp3) is 0.308. The van der Waals surface area contributed by atoms with Gasteiger partial charge >= 0.3 is 0 Å². The van der Waals surface area contributed by atoms with E-state index in [9.17, 15) is 4.39 Å². The van der Waals surface area contributed by atoms with E-state index in [1.165, 1.54) is 12.1 Å². The zero-order valence-corrected chi connectivity index (χ0v) is 10.9. The van der Waals surface area contributed by atoms with Gasteiger partial charge in [0.1, 0.15) is 11.5 Å². The van der Waals surface area contributed by atoms with Crippen molar-refractivity contribution >= 4 is 11.6 Å².